The Kier molecular flexibility index (Phi) is 5.30. The van der Waals surface area contributed by atoms with Crippen LogP contribution in [0.2, 0.25) is 0 Å². The van der Waals surface area contributed by atoms with E-state index in [2.05, 4.69) is 50.6 Å². The van der Waals surface area contributed by atoms with Gasteiger partial charge in [-0.15, -0.1) is 0 Å². The first-order valence-corrected chi connectivity index (χ1v) is 12.5. The summed E-state index contributed by atoms with van der Waals surface area (Å²) in [5.41, 5.74) is 4.85. The molecule has 8 nitrogen and oxygen atoms in total. The second-order valence-electron chi connectivity index (χ2n) is 10.2. The van der Waals surface area contributed by atoms with Crippen LogP contribution in [0.4, 0.5) is 5.82 Å². The molecule has 1 aliphatic heterocycles. The average molecular weight is 461 g/mol. The molecule has 2 aliphatic rings. The lowest BCUT2D eigenvalue weighted by Gasteiger charge is -2.42. The van der Waals surface area contributed by atoms with Crippen molar-refractivity contribution in [1.29, 1.82) is 0 Å². The average Bonchev–Trinajstić information content (AvgIpc) is 3.50. The third kappa shape index (κ3) is 3.65. The summed E-state index contributed by atoms with van der Waals surface area (Å²) in [4.78, 5) is 19.5. The third-order valence-electron chi connectivity index (χ3n) is 7.84. The van der Waals surface area contributed by atoms with Gasteiger partial charge in [0.25, 0.3) is 0 Å². The largest absolute Gasteiger partial charge is 0.393 e. The Hall–Kier alpha value is -2.97. The fraction of sp³-hybridized carbons (Fsp3) is 0.500. The Bertz CT molecular complexity index is 1320. The molecule has 0 spiro atoms. The molecule has 1 saturated carbocycles. The first-order valence-electron chi connectivity index (χ1n) is 12.5. The molecule has 0 bridgehead atoms. The number of piperidine rings is 1. The minimum absolute atomic E-state index is 0.0558. The van der Waals surface area contributed by atoms with Crippen LogP contribution in [0.25, 0.3) is 33.3 Å². The number of rotatable bonds is 4. The Balaban J connectivity index is 1.38. The van der Waals surface area contributed by atoms with Gasteiger partial charge in [0.1, 0.15) is 11.3 Å². The van der Waals surface area contributed by atoms with E-state index >= 15 is 0 Å². The summed E-state index contributed by atoms with van der Waals surface area (Å²) < 4.78 is 2.36. The third-order valence-corrected chi connectivity index (χ3v) is 7.84. The van der Waals surface area contributed by atoms with Crippen molar-refractivity contribution in [3.05, 3.63) is 36.9 Å². The van der Waals surface area contributed by atoms with Crippen molar-refractivity contribution in [3.8, 4) is 11.1 Å². The maximum Gasteiger partial charge on any atom is 0.160 e. The number of imidazole rings is 2. The second kappa shape index (κ2) is 8.36. The second-order valence-corrected chi connectivity index (χ2v) is 10.2. The van der Waals surface area contributed by atoms with Crippen molar-refractivity contribution in [2.75, 3.05) is 18.1 Å². The van der Waals surface area contributed by atoms with Gasteiger partial charge in [-0.1, -0.05) is 25.3 Å². The summed E-state index contributed by atoms with van der Waals surface area (Å²) in [6.45, 7) is 2.49. The van der Waals surface area contributed by atoms with Crippen LogP contribution in [0.1, 0.15) is 57.9 Å². The van der Waals surface area contributed by atoms with Gasteiger partial charge in [-0.3, -0.25) is 0 Å². The lowest BCUT2D eigenvalue weighted by molar-refractivity contribution is -0.0405. The molecule has 34 heavy (non-hydrogen) atoms. The van der Waals surface area contributed by atoms with E-state index in [9.17, 15) is 10.2 Å². The van der Waals surface area contributed by atoms with Crippen molar-refractivity contribution in [2.24, 2.45) is 0 Å². The van der Waals surface area contributed by atoms with Gasteiger partial charge < -0.3 is 24.7 Å². The van der Waals surface area contributed by atoms with Crippen LogP contribution in [0.5, 0.6) is 0 Å². The van der Waals surface area contributed by atoms with Crippen LogP contribution in [-0.4, -0.2) is 59.5 Å². The molecule has 0 amide bonds. The van der Waals surface area contributed by atoms with E-state index in [1.54, 1.807) is 6.33 Å². The minimum atomic E-state index is -1.01. The maximum absolute atomic E-state index is 10.6. The van der Waals surface area contributed by atoms with E-state index < -0.39 is 5.60 Å². The van der Waals surface area contributed by atoms with Gasteiger partial charge in [-0.2, -0.15) is 0 Å². The first kappa shape index (κ1) is 21.6. The number of aromatic amines is 1. The molecule has 2 fully saturated rings. The molecule has 1 saturated heterocycles. The normalized spacial score (nSPS) is 24.3. The molecule has 2 atom stereocenters. The molecule has 178 valence electrons. The number of anilines is 1. The highest BCUT2D eigenvalue weighted by molar-refractivity contribution is 5.94. The molecule has 4 aromatic rings. The smallest absolute Gasteiger partial charge is 0.160 e. The van der Waals surface area contributed by atoms with Crippen molar-refractivity contribution in [1.82, 2.24) is 24.5 Å². The minimum Gasteiger partial charge on any atom is -0.393 e. The molecular formula is C26H32N6O2. The zero-order valence-electron chi connectivity index (χ0n) is 19.6. The number of aliphatic hydroxyl groups excluding tert-OH is 1. The summed E-state index contributed by atoms with van der Waals surface area (Å²) in [6, 6.07) is 9.22. The number of aliphatic hydroxyl groups is 2. The number of H-pyrrole nitrogens is 1. The number of nitrogens with one attached hydrogen (secondary N) is 1. The van der Waals surface area contributed by atoms with Crippen LogP contribution >= 0.6 is 0 Å². The van der Waals surface area contributed by atoms with Crippen LogP contribution in [0.3, 0.4) is 0 Å². The van der Waals surface area contributed by atoms with Gasteiger partial charge >= 0.3 is 0 Å². The summed E-state index contributed by atoms with van der Waals surface area (Å²) in [5, 5.41) is 20.2. The Morgan fingerprint density at radius 1 is 1.15 bits per heavy atom. The Labute approximate surface area is 198 Å². The molecule has 4 heterocycles. The van der Waals surface area contributed by atoms with Crippen molar-refractivity contribution in [3.63, 3.8) is 0 Å². The van der Waals surface area contributed by atoms with Crippen LogP contribution in [0, 0.1) is 0 Å². The molecule has 1 aromatic carbocycles. The summed E-state index contributed by atoms with van der Waals surface area (Å²) in [6.07, 6.45) is 11.1. The standard InChI is InChI=1S/C26H32N6O2/c1-17-13-26(34,14-33)9-10-31(17)23-12-20(24-25(30-23)28-15-27-24)18-7-8-22-21(11-18)29-16-32(22)19-5-3-2-4-6-19/h7-8,11-12,15-17,19,33-34H,2-6,9-10,13-14H2,1H3,(H,27,28,30). The molecule has 3 N–H and O–H groups in total. The van der Waals surface area contributed by atoms with E-state index in [-0.39, 0.29) is 12.6 Å². The molecule has 3 aromatic heterocycles. The van der Waals surface area contributed by atoms with Gasteiger partial charge in [-0.05, 0) is 56.4 Å². The summed E-state index contributed by atoms with van der Waals surface area (Å²) in [7, 11) is 0. The highest BCUT2D eigenvalue weighted by Gasteiger charge is 2.36. The van der Waals surface area contributed by atoms with Crippen LogP contribution < -0.4 is 4.90 Å². The predicted molar refractivity (Wildman–Crippen MR) is 133 cm³/mol. The number of pyridine rings is 1. The quantitative estimate of drug-likeness (QED) is 0.422. The highest BCUT2D eigenvalue weighted by atomic mass is 16.3. The van der Waals surface area contributed by atoms with Crippen LogP contribution in [0.15, 0.2) is 36.9 Å². The van der Waals surface area contributed by atoms with Crippen molar-refractivity contribution >= 4 is 28.0 Å². The molecule has 6 rings (SSSR count). The van der Waals surface area contributed by atoms with E-state index in [1.165, 1.54) is 37.6 Å². The van der Waals surface area contributed by atoms with Crippen molar-refractivity contribution < 1.29 is 10.2 Å². The van der Waals surface area contributed by atoms with Crippen LogP contribution in [-0.2, 0) is 0 Å². The fourth-order valence-electron chi connectivity index (χ4n) is 5.93. The van der Waals surface area contributed by atoms with Gasteiger partial charge in [0.15, 0.2) is 5.65 Å². The van der Waals surface area contributed by atoms with Gasteiger partial charge in [0.05, 0.1) is 35.9 Å². The summed E-state index contributed by atoms with van der Waals surface area (Å²) >= 11 is 0. The van der Waals surface area contributed by atoms with Gasteiger partial charge in [0, 0.05) is 24.2 Å². The number of aromatic nitrogens is 5. The Morgan fingerprint density at radius 2 is 2.00 bits per heavy atom. The number of benzene rings is 1. The zero-order valence-corrected chi connectivity index (χ0v) is 19.6. The fourth-order valence-corrected chi connectivity index (χ4v) is 5.93. The lowest BCUT2D eigenvalue weighted by Crippen LogP contribution is -2.51. The van der Waals surface area contributed by atoms with Gasteiger partial charge in [-0.25, -0.2) is 15.0 Å². The Morgan fingerprint density at radius 3 is 2.79 bits per heavy atom. The first-order chi connectivity index (χ1) is 16.5. The zero-order chi connectivity index (χ0) is 23.3. The summed E-state index contributed by atoms with van der Waals surface area (Å²) in [5.74, 6) is 0.854. The number of fused-ring (bicyclic) bond motifs is 2. The molecular weight excluding hydrogens is 428 g/mol. The monoisotopic (exact) mass is 460 g/mol. The predicted octanol–water partition coefficient (Wildman–Crippen LogP) is 4.19. The number of hydrogen-bond donors (Lipinski definition) is 3. The molecule has 0 radical (unpaired) electrons. The molecule has 2 unspecified atom stereocenters. The van der Waals surface area contributed by atoms with Gasteiger partial charge in [0.2, 0.25) is 0 Å². The molecule has 1 aliphatic carbocycles. The SMILES string of the molecule is CC1CC(O)(CO)CCN1c1cc(-c2ccc3c(c2)ncn3C2CCCCC2)c2nc[nH]c2n1. The topological polar surface area (TPSA) is 103 Å². The van der Waals surface area contributed by atoms with E-state index in [0.717, 1.165) is 33.6 Å². The highest BCUT2D eigenvalue weighted by Crippen LogP contribution is 2.36. The number of hydrogen-bond acceptors (Lipinski definition) is 6. The van der Waals surface area contributed by atoms with E-state index in [0.29, 0.717) is 25.4 Å². The maximum atomic E-state index is 10.6. The van der Waals surface area contributed by atoms with Crippen molar-refractivity contribution in [2.45, 2.75) is 69.6 Å². The lowest BCUT2D eigenvalue weighted by atomic mass is 9.87. The number of nitrogens with zero attached hydrogens (tertiary/aromatic N) is 5. The van der Waals surface area contributed by atoms with E-state index in [4.69, 9.17) is 9.97 Å². The molecule has 8 heteroatoms. The van der Waals surface area contributed by atoms with E-state index in [1.807, 2.05) is 6.33 Å².